The highest BCUT2D eigenvalue weighted by Crippen LogP contribution is 2.30. The second kappa shape index (κ2) is 6.56. The van der Waals surface area contributed by atoms with Crippen LogP contribution in [0.5, 0.6) is 0 Å². The molecule has 2 atom stereocenters. The lowest BCUT2D eigenvalue weighted by Gasteiger charge is -2.36. The van der Waals surface area contributed by atoms with E-state index in [1.54, 1.807) is 9.69 Å². The van der Waals surface area contributed by atoms with Crippen LogP contribution >= 0.6 is 11.3 Å². The van der Waals surface area contributed by atoms with E-state index in [4.69, 9.17) is 0 Å². The summed E-state index contributed by atoms with van der Waals surface area (Å²) in [6.45, 7) is 8.47. The third-order valence-corrected chi connectivity index (χ3v) is 7.15. The number of rotatable bonds is 5. The highest BCUT2D eigenvalue weighted by Gasteiger charge is 2.34. The molecule has 0 radical (unpaired) electrons. The first-order valence-electron chi connectivity index (χ1n) is 7.26. The van der Waals surface area contributed by atoms with Crippen molar-refractivity contribution in [3.05, 3.63) is 16.3 Å². The Hall–Kier alpha value is -0.430. The fraction of sp³-hybridized carbons (Fsp3) is 0.714. The van der Waals surface area contributed by atoms with E-state index in [1.165, 1.54) is 11.3 Å². The van der Waals surface area contributed by atoms with Gasteiger partial charge in [-0.3, -0.25) is 0 Å². The van der Waals surface area contributed by atoms with Crippen LogP contribution < -0.4 is 5.32 Å². The van der Waals surface area contributed by atoms with E-state index in [2.05, 4.69) is 12.2 Å². The molecular weight excluding hydrogens is 292 g/mol. The van der Waals surface area contributed by atoms with E-state index >= 15 is 0 Å². The molecule has 1 fully saturated rings. The Balaban J connectivity index is 2.19. The molecular formula is C14H24N2O2S2. The molecule has 0 bridgehead atoms. The summed E-state index contributed by atoms with van der Waals surface area (Å²) >= 11 is 1.51. The Kier molecular flexibility index (Phi) is 5.23. The van der Waals surface area contributed by atoms with E-state index in [0.717, 1.165) is 30.8 Å². The van der Waals surface area contributed by atoms with Gasteiger partial charge in [-0.15, -0.1) is 11.3 Å². The van der Waals surface area contributed by atoms with Crippen LogP contribution in [0.25, 0.3) is 0 Å². The minimum absolute atomic E-state index is 0.0888. The van der Waals surface area contributed by atoms with Crippen LogP contribution in [0.4, 0.5) is 0 Å². The number of nitrogens with zero attached hydrogens (tertiary/aromatic N) is 1. The third-order valence-electron chi connectivity index (χ3n) is 4.10. The van der Waals surface area contributed by atoms with Crippen LogP contribution in [0.15, 0.2) is 16.3 Å². The second-order valence-corrected chi connectivity index (χ2v) is 8.39. The van der Waals surface area contributed by atoms with E-state index in [9.17, 15) is 8.42 Å². The normalized spacial score (nSPS) is 24.9. The maximum absolute atomic E-state index is 12.7. The topological polar surface area (TPSA) is 49.4 Å². The van der Waals surface area contributed by atoms with Gasteiger partial charge in [0.2, 0.25) is 10.0 Å². The number of thiophene rings is 1. The zero-order chi connectivity index (χ0) is 14.8. The summed E-state index contributed by atoms with van der Waals surface area (Å²) in [6.07, 6.45) is 2.07. The zero-order valence-corrected chi connectivity index (χ0v) is 14.1. The van der Waals surface area contributed by atoms with Crippen LogP contribution in [0.3, 0.4) is 0 Å². The molecule has 0 spiro atoms. The monoisotopic (exact) mass is 316 g/mol. The molecule has 2 rings (SSSR count). The summed E-state index contributed by atoms with van der Waals surface area (Å²) in [5.41, 5.74) is 0. The maximum Gasteiger partial charge on any atom is 0.244 e. The maximum atomic E-state index is 12.7. The Morgan fingerprint density at radius 3 is 2.90 bits per heavy atom. The van der Waals surface area contributed by atoms with Crippen LogP contribution in [-0.2, 0) is 16.6 Å². The Labute approximate surface area is 126 Å². The van der Waals surface area contributed by atoms with Gasteiger partial charge in [0.25, 0.3) is 0 Å². The van der Waals surface area contributed by atoms with Gasteiger partial charge in [0.15, 0.2) is 0 Å². The summed E-state index contributed by atoms with van der Waals surface area (Å²) < 4.78 is 27.2. The molecule has 6 heteroatoms. The summed E-state index contributed by atoms with van der Waals surface area (Å²) in [6, 6.07) is 1.90. The fourth-order valence-electron chi connectivity index (χ4n) is 2.61. The molecule has 0 amide bonds. The van der Waals surface area contributed by atoms with Crippen molar-refractivity contribution in [3.8, 4) is 0 Å². The molecule has 1 aliphatic heterocycles. The molecule has 1 saturated heterocycles. The van der Waals surface area contributed by atoms with Gasteiger partial charge in [0, 0.05) is 29.4 Å². The van der Waals surface area contributed by atoms with Crippen molar-refractivity contribution in [3.63, 3.8) is 0 Å². The third kappa shape index (κ3) is 3.24. The van der Waals surface area contributed by atoms with Gasteiger partial charge in [0.05, 0.1) is 4.90 Å². The lowest BCUT2D eigenvalue weighted by atomic mass is 9.94. The molecule has 0 aromatic carbocycles. The van der Waals surface area contributed by atoms with Gasteiger partial charge in [-0.2, -0.15) is 4.31 Å². The molecule has 1 aromatic rings. The van der Waals surface area contributed by atoms with Crippen molar-refractivity contribution in [2.24, 2.45) is 5.92 Å². The van der Waals surface area contributed by atoms with Crippen molar-refractivity contribution in [1.29, 1.82) is 0 Å². The van der Waals surface area contributed by atoms with E-state index < -0.39 is 10.0 Å². The Morgan fingerprint density at radius 2 is 2.20 bits per heavy atom. The first kappa shape index (κ1) is 15.9. The standard InChI is InChI=1S/C14H24N2O2S2/c1-4-15-9-13-8-14(10-19-13)20(17,18)16-7-5-6-11(2)12(16)3/h8,10-12,15H,4-7,9H2,1-3H3. The predicted molar refractivity (Wildman–Crippen MR) is 83.5 cm³/mol. The van der Waals surface area contributed by atoms with Crippen molar-refractivity contribution in [2.75, 3.05) is 13.1 Å². The molecule has 0 aliphatic carbocycles. The Bertz CT molecular complexity index is 539. The molecule has 0 saturated carbocycles. The van der Waals surface area contributed by atoms with Gasteiger partial charge < -0.3 is 5.32 Å². The van der Waals surface area contributed by atoms with E-state index in [-0.39, 0.29) is 6.04 Å². The smallest absolute Gasteiger partial charge is 0.244 e. The van der Waals surface area contributed by atoms with Gasteiger partial charge >= 0.3 is 0 Å². The Morgan fingerprint density at radius 1 is 1.45 bits per heavy atom. The van der Waals surface area contributed by atoms with E-state index in [0.29, 0.717) is 17.4 Å². The summed E-state index contributed by atoms with van der Waals surface area (Å²) in [7, 11) is -3.33. The summed E-state index contributed by atoms with van der Waals surface area (Å²) in [5, 5.41) is 5.00. The van der Waals surface area contributed by atoms with E-state index in [1.807, 2.05) is 19.9 Å². The number of nitrogens with one attached hydrogen (secondary N) is 1. The minimum atomic E-state index is -3.33. The molecule has 1 aliphatic rings. The molecule has 20 heavy (non-hydrogen) atoms. The minimum Gasteiger partial charge on any atom is -0.312 e. The van der Waals surface area contributed by atoms with Crippen LogP contribution in [0.1, 0.15) is 38.5 Å². The van der Waals surface area contributed by atoms with Gasteiger partial charge in [-0.05, 0) is 38.3 Å². The van der Waals surface area contributed by atoms with Gasteiger partial charge in [-0.25, -0.2) is 8.42 Å². The van der Waals surface area contributed by atoms with Crippen molar-refractivity contribution in [1.82, 2.24) is 9.62 Å². The predicted octanol–water partition coefficient (Wildman–Crippen LogP) is 2.67. The summed E-state index contributed by atoms with van der Waals surface area (Å²) in [5.74, 6) is 0.429. The van der Waals surface area contributed by atoms with Crippen molar-refractivity contribution in [2.45, 2.75) is 51.1 Å². The number of piperidine rings is 1. The number of hydrogen-bond donors (Lipinski definition) is 1. The molecule has 2 heterocycles. The average molecular weight is 316 g/mol. The molecule has 114 valence electrons. The largest absolute Gasteiger partial charge is 0.312 e. The van der Waals surface area contributed by atoms with Gasteiger partial charge in [0.1, 0.15) is 0 Å². The van der Waals surface area contributed by atoms with Crippen molar-refractivity contribution < 1.29 is 8.42 Å². The molecule has 2 unspecified atom stereocenters. The fourth-order valence-corrected chi connectivity index (χ4v) is 5.61. The van der Waals surface area contributed by atoms with Gasteiger partial charge in [-0.1, -0.05) is 13.8 Å². The van der Waals surface area contributed by atoms with Crippen LogP contribution in [0.2, 0.25) is 0 Å². The molecule has 4 nitrogen and oxygen atoms in total. The second-order valence-electron chi connectivity index (χ2n) is 5.50. The van der Waals surface area contributed by atoms with Crippen LogP contribution in [0, 0.1) is 5.92 Å². The first-order valence-corrected chi connectivity index (χ1v) is 9.58. The average Bonchev–Trinajstić information content (AvgIpc) is 2.89. The quantitative estimate of drug-likeness (QED) is 0.908. The SMILES string of the molecule is CCNCc1cc(S(=O)(=O)N2CCCC(C)C2C)cs1. The highest BCUT2D eigenvalue weighted by atomic mass is 32.2. The lowest BCUT2D eigenvalue weighted by Crippen LogP contribution is -2.45. The lowest BCUT2D eigenvalue weighted by molar-refractivity contribution is 0.202. The first-order chi connectivity index (χ1) is 9.46. The zero-order valence-electron chi connectivity index (χ0n) is 12.4. The number of sulfonamides is 1. The highest BCUT2D eigenvalue weighted by molar-refractivity contribution is 7.89. The molecule has 1 N–H and O–H groups in total. The van der Waals surface area contributed by atoms with Crippen LogP contribution in [-0.4, -0.2) is 31.9 Å². The number of hydrogen-bond acceptors (Lipinski definition) is 4. The molecule has 1 aromatic heterocycles. The van der Waals surface area contributed by atoms with Crippen molar-refractivity contribution >= 4 is 21.4 Å². The summed E-state index contributed by atoms with van der Waals surface area (Å²) in [4.78, 5) is 1.53.